The topological polar surface area (TPSA) is 82.0 Å². The highest BCUT2D eigenvalue weighted by Gasteiger charge is 2.11. The quantitative estimate of drug-likeness (QED) is 0.583. The van der Waals surface area contributed by atoms with Crippen LogP contribution in [0.3, 0.4) is 0 Å². The number of hydrogen-bond donors (Lipinski definition) is 3. The van der Waals surface area contributed by atoms with Crippen molar-refractivity contribution >= 4 is 28.9 Å². The average molecular weight is 197 g/mol. The molecule has 0 radical (unpaired) electrons. The normalized spacial score (nSPS) is 11.8. The Hall–Kier alpha value is 0.0600. The molecule has 0 saturated carbocycles. The van der Waals surface area contributed by atoms with Gasteiger partial charge in [-0.3, -0.25) is 0 Å². The first kappa shape index (κ1) is 8.16. The summed E-state index contributed by atoms with van der Waals surface area (Å²) in [6.45, 7) is 0. The Balaban J connectivity index is 2.66. The van der Waals surface area contributed by atoms with E-state index in [0.29, 0.717) is 5.03 Å². The molecule has 1 rings (SSSR count). The number of aromatic amines is 1. The van der Waals surface area contributed by atoms with Gasteiger partial charge < -0.3 is 9.79 Å². The maximum absolute atomic E-state index is 8.75. The van der Waals surface area contributed by atoms with Crippen LogP contribution >= 0.6 is 17.1 Å². The van der Waals surface area contributed by atoms with E-state index in [0.717, 1.165) is 11.4 Å². The summed E-state index contributed by atoms with van der Waals surface area (Å²) in [7, 11) is 0. The summed E-state index contributed by atoms with van der Waals surface area (Å²) in [6, 6.07) is 0. The van der Waals surface area contributed by atoms with Gasteiger partial charge in [-0.05, 0) is 23.2 Å². The van der Waals surface area contributed by atoms with Crippen LogP contribution in [0.5, 0.6) is 0 Å². The lowest BCUT2D eigenvalue weighted by molar-refractivity contribution is 0.502. The van der Waals surface area contributed by atoms with Gasteiger partial charge in [0.1, 0.15) is 5.03 Å². The fourth-order valence-corrected chi connectivity index (χ4v) is 2.46. The van der Waals surface area contributed by atoms with Gasteiger partial charge in [-0.15, -0.1) is 5.10 Å². The summed E-state index contributed by atoms with van der Waals surface area (Å²) in [5.74, 6) is 0. The third-order valence-corrected chi connectivity index (χ3v) is 3.17. The number of aromatic nitrogens is 3. The lowest BCUT2D eigenvalue weighted by Crippen LogP contribution is -1.72. The Morgan fingerprint density at radius 2 is 2.40 bits per heavy atom. The van der Waals surface area contributed by atoms with Crippen molar-refractivity contribution in [1.82, 2.24) is 15.4 Å². The lowest BCUT2D eigenvalue weighted by Gasteiger charge is -2.00. The van der Waals surface area contributed by atoms with Crippen molar-refractivity contribution in [2.24, 2.45) is 0 Å². The summed E-state index contributed by atoms with van der Waals surface area (Å²) >= 11 is 5.08. The van der Waals surface area contributed by atoms with Crippen LogP contribution in [0.2, 0.25) is 0 Å². The molecule has 0 atom stereocenters. The molecule has 0 spiro atoms. The van der Waals surface area contributed by atoms with Crippen LogP contribution < -0.4 is 0 Å². The average Bonchev–Trinajstić information content (AvgIpc) is 2.12. The Morgan fingerprint density at radius 3 is 2.80 bits per heavy atom. The standard InChI is InChI=1S/C2H4N3O2PS2/c6-8(7,9)10-2-1-3-5-4-2/h1H,(H,3,4,5)(H2,6,7,9). The number of hydrogen-bond acceptors (Lipinski definition) is 4. The molecule has 0 amide bonds. The number of rotatable bonds is 2. The van der Waals surface area contributed by atoms with Crippen molar-refractivity contribution in [3.63, 3.8) is 0 Å². The van der Waals surface area contributed by atoms with Crippen LogP contribution in [0.4, 0.5) is 0 Å². The predicted molar refractivity (Wildman–Crippen MR) is 41.0 cm³/mol. The minimum atomic E-state index is -3.23. The Labute approximate surface area is 65.8 Å². The molecule has 1 heterocycles. The zero-order valence-corrected chi connectivity index (χ0v) is 7.16. The third-order valence-electron chi connectivity index (χ3n) is 0.605. The molecular weight excluding hydrogens is 193 g/mol. The maximum atomic E-state index is 8.75. The van der Waals surface area contributed by atoms with Gasteiger partial charge in [0.15, 0.2) is 0 Å². The maximum Gasteiger partial charge on any atom is 0.248 e. The fourth-order valence-electron chi connectivity index (χ4n) is 0.357. The molecule has 0 aliphatic carbocycles. The lowest BCUT2D eigenvalue weighted by atomic mass is 11.0. The number of nitrogens with one attached hydrogen (secondary N) is 1. The molecule has 10 heavy (non-hydrogen) atoms. The van der Waals surface area contributed by atoms with E-state index in [2.05, 4.69) is 27.2 Å². The molecule has 0 aliphatic rings. The van der Waals surface area contributed by atoms with Crippen LogP contribution in [0.25, 0.3) is 0 Å². The first-order valence-electron chi connectivity index (χ1n) is 2.19. The second-order valence-corrected chi connectivity index (χ2v) is 7.27. The summed E-state index contributed by atoms with van der Waals surface area (Å²) in [6.07, 6.45) is 1.37. The van der Waals surface area contributed by atoms with Gasteiger partial charge in [-0.1, -0.05) is 0 Å². The van der Waals surface area contributed by atoms with Crippen molar-refractivity contribution < 1.29 is 9.79 Å². The summed E-state index contributed by atoms with van der Waals surface area (Å²) in [4.78, 5) is 17.5. The van der Waals surface area contributed by atoms with Crippen LogP contribution in [0, 0.1) is 0 Å². The molecule has 5 nitrogen and oxygen atoms in total. The van der Waals surface area contributed by atoms with E-state index in [1.807, 2.05) is 0 Å². The SMILES string of the molecule is OP(O)(=S)Sc1cn[nH]n1. The highest BCUT2D eigenvalue weighted by molar-refractivity contribution is 8.67. The summed E-state index contributed by atoms with van der Waals surface area (Å²) in [5, 5.41) is 9.75. The van der Waals surface area contributed by atoms with Crippen LogP contribution in [-0.4, -0.2) is 25.2 Å². The van der Waals surface area contributed by atoms with Gasteiger partial charge in [-0.2, -0.15) is 10.3 Å². The van der Waals surface area contributed by atoms with Crippen molar-refractivity contribution in [3.8, 4) is 0 Å². The third kappa shape index (κ3) is 2.76. The van der Waals surface area contributed by atoms with E-state index in [4.69, 9.17) is 9.79 Å². The van der Waals surface area contributed by atoms with Crippen LogP contribution in [-0.2, 0) is 11.8 Å². The van der Waals surface area contributed by atoms with E-state index in [1.54, 1.807) is 0 Å². The molecule has 0 aromatic carbocycles. The van der Waals surface area contributed by atoms with Gasteiger partial charge in [0.05, 0.1) is 6.20 Å². The fraction of sp³-hybridized carbons (Fsp3) is 0. The van der Waals surface area contributed by atoms with Gasteiger partial charge in [-0.25, -0.2) is 0 Å². The van der Waals surface area contributed by atoms with E-state index in [-0.39, 0.29) is 0 Å². The molecule has 1 aromatic rings. The van der Waals surface area contributed by atoms with E-state index in [1.165, 1.54) is 6.20 Å². The zero-order valence-electron chi connectivity index (χ0n) is 4.63. The molecule has 3 N–H and O–H groups in total. The second-order valence-electron chi connectivity index (χ2n) is 1.39. The van der Waals surface area contributed by atoms with Gasteiger partial charge in [0.25, 0.3) is 0 Å². The summed E-state index contributed by atoms with van der Waals surface area (Å²) < 4.78 is 0. The van der Waals surface area contributed by atoms with E-state index >= 15 is 0 Å². The van der Waals surface area contributed by atoms with Crippen molar-refractivity contribution in [3.05, 3.63) is 6.20 Å². The minimum Gasteiger partial charge on any atom is -0.337 e. The smallest absolute Gasteiger partial charge is 0.248 e. The van der Waals surface area contributed by atoms with Crippen molar-refractivity contribution in [1.29, 1.82) is 0 Å². The Bertz CT molecular complexity index is 243. The predicted octanol–water partition coefficient (Wildman–Crippen LogP) is 0.106. The molecule has 8 heteroatoms. The molecule has 0 saturated heterocycles. The Kier molecular flexibility index (Phi) is 2.43. The van der Waals surface area contributed by atoms with Crippen LogP contribution in [0.15, 0.2) is 11.2 Å². The van der Waals surface area contributed by atoms with Gasteiger partial charge in [0, 0.05) is 0 Å². The van der Waals surface area contributed by atoms with E-state index in [9.17, 15) is 0 Å². The second kappa shape index (κ2) is 2.98. The van der Waals surface area contributed by atoms with Gasteiger partial charge in [0.2, 0.25) is 5.69 Å². The largest absolute Gasteiger partial charge is 0.337 e. The van der Waals surface area contributed by atoms with Crippen LogP contribution in [0.1, 0.15) is 0 Å². The molecule has 0 fully saturated rings. The minimum absolute atomic E-state index is 0.397. The van der Waals surface area contributed by atoms with E-state index < -0.39 is 5.69 Å². The van der Waals surface area contributed by atoms with Gasteiger partial charge >= 0.3 is 0 Å². The number of nitrogens with zero attached hydrogens (tertiary/aromatic N) is 2. The first-order chi connectivity index (χ1) is 4.58. The molecule has 0 aliphatic heterocycles. The highest BCUT2D eigenvalue weighted by Crippen LogP contribution is 2.53. The summed E-state index contributed by atoms with van der Waals surface area (Å²) in [5.41, 5.74) is -3.23. The zero-order chi connectivity index (χ0) is 7.61. The molecular formula is C2H4N3O2PS2. The molecule has 0 unspecified atom stereocenters. The van der Waals surface area contributed by atoms with Crippen molar-refractivity contribution in [2.75, 3.05) is 0 Å². The molecule has 0 bridgehead atoms. The Morgan fingerprint density at radius 1 is 1.70 bits per heavy atom. The molecule has 1 aromatic heterocycles. The number of H-pyrrole nitrogens is 1. The molecule has 56 valence electrons. The highest BCUT2D eigenvalue weighted by atomic mass is 32.9. The first-order valence-corrected chi connectivity index (χ1v) is 6.32. The van der Waals surface area contributed by atoms with Crippen molar-refractivity contribution in [2.45, 2.75) is 5.03 Å². The monoisotopic (exact) mass is 197 g/mol.